The highest BCUT2D eigenvalue weighted by atomic mass is 32.1. The van der Waals surface area contributed by atoms with Gasteiger partial charge in [-0.05, 0) is 80.7 Å². The molecule has 3 N–H and O–H groups in total. The molecular formula is C23H23N3O5S. The molecule has 0 saturated heterocycles. The number of methoxy groups -OCH3 is 1. The molecule has 0 aliphatic heterocycles. The quantitative estimate of drug-likeness (QED) is 0.454. The fourth-order valence-electron chi connectivity index (χ4n) is 2.77. The molecule has 32 heavy (non-hydrogen) atoms. The smallest absolute Gasteiger partial charge is 0.291 e. The lowest BCUT2D eigenvalue weighted by Gasteiger charge is -2.15. The zero-order valence-electron chi connectivity index (χ0n) is 17.8. The number of ether oxygens (including phenoxy) is 2. The molecule has 1 heterocycles. The molecule has 0 radical (unpaired) electrons. The van der Waals surface area contributed by atoms with Gasteiger partial charge < -0.3 is 24.5 Å². The van der Waals surface area contributed by atoms with Crippen LogP contribution in [-0.4, -0.2) is 30.1 Å². The Morgan fingerprint density at radius 3 is 2.38 bits per heavy atom. The lowest BCUT2D eigenvalue weighted by Crippen LogP contribution is -2.34. The minimum Gasteiger partial charge on any atom is -0.495 e. The highest BCUT2D eigenvalue weighted by Gasteiger charge is 2.13. The predicted molar refractivity (Wildman–Crippen MR) is 126 cm³/mol. The third-order valence-electron chi connectivity index (χ3n) is 4.17. The van der Waals surface area contributed by atoms with E-state index in [1.54, 1.807) is 54.6 Å². The Balaban J connectivity index is 1.65. The zero-order valence-corrected chi connectivity index (χ0v) is 18.6. The summed E-state index contributed by atoms with van der Waals surface area (Å²) in [5.74, 6) is 0.567. The van der Waals surface area contributed by atoms with Crippen molar-refractivity contribution in [2.75, 3.05) is 17.7 Å². The Labute approximate surface area is 190 Å². The summed E-state index contributed by atoms with van der Waals surface area (Å²) in [6.45, 7) is 3.85. The maximum absolute atomic E-state index is 12.5. The normalized spacial score (nSPS) is 10.4. The number of rotatable bonds is 7. The Kier molecular flexibility index (Phi) is 7.45. The molecule has 3 aromatic rings. The fraction of sp³-hybridized carbons (Fsp3) is 0.174. The topological polar surface area (TPSA) is 102 Å². The van der Waals surface area contributed by atoms with E-state index in [0.29, 0.717) is 28.4 Å². The van der Waals surface area contributed by atoms with Crippen molar-refractivity contribution in [3.05, 3.63) is 72.2 Å². The number of hydrogen-bond acceptors (Lipinski definition) is 6. The van der Waals surface area contributed by atoms with Crippen molar-refractivity contribution < 1.29 is 23.5 Å². The third-order valence-corrected chi connectivity index (χ3v) is 4.37. The fourth-order valence-corrected chi connectivity index (χ4v) is 2.97. The first-order valence-electron chi connectivity index (χ1n) is 9.77. The standard InChI is InChI=1S/C23H23N3O5S/c1-14(2)31-17-9-6-15(7-10-17)21(27)26-23(32)25-18-13-16(8-11-19(18)29-3)24-22(28)20-5-4-12-30-20/h4-14H,1-3H3,(H,24,28)(H2,25,26,27,32). The molecule has 166 valence electrons. The summed E-state index contributed by atoms with van der Waals surface area (Å²) in [4.78, 5) is 24.7. The van der Waals surface area contributed by atoms with Gasteiger partial charge >= 0.3 is 0 Å². The second kappa shape index (κ2) is 10.5. The summed E-state index contributed by atoms with van der Waals surface area (Å²) >= 11 is 5.27. The summed E-state index contributed by atoms with van der Waals surface area (Å²) in [6.07, 6.45) is 1.46. The van der Waals surface area contributed by atoms with E-state index in [1.165, 1.54) is 13.4 Å². The van der Waals surface area contributed by atoms with E-state index in [-0.39, 0.29) is 22.9 Å². The number of amides is 2. The molecule has 2 amide bonds. The lowest BCUT2D eigenvalue weighted by atomic mass is 10.2. The molecule has 0 saturated carbocycles. The van der Waals surface area contributed by atoms with E-state index in [2.05, 4.69) is 16.0 Å². The van der Waals surface area contributed by atoms with Crippen molar-refractivity contribution >= 4 is 40.5 Å². The lowest BCUT2D eigenvalue weighted by molar-refractivity contribution is 0.0975. The van der Waals surface area contributed by atoms with E-state index >= 15 is 0 Å². The summed E-state index contributed by atoms with van der Waals surface area (Å²) in [7, 11) is 1.50. The Morgan fingerprint density at radius 2 is 1.75 bits per heavy atom. The molecule has 0 fully saturated rings. The number of carbonyl (C=O) groups excluding carboxylic acids is 2. The molecule has 0 bridgehead atoms. The van der Waals surface area contributed by atoms with Gasteiger partial charge in [0.05, 0.1) is 25.2 Å². The number of furan rings is 1. The predicted octanol–water partition coefficient (Wildman–Crippen LogP) is 4.45. The summed E-state index contributed by atoms with van der Waals surface area (Å²) < 4.78 is 16.0. The summed E-state index contributed by atoms with van der Waals surface area (Å²) in [5.41, 5.74) is 1.39. The van der Waals surface area contributed by atoms with Crippen LogP contribution in [0.25, 0.3) is 0 Å². The first-order valence-corrected chi connectivity index (χ1v) is 10.2. The number of thiocarbonyl (C=S) groups is 1. The number of carbonyl (C=O) groups is 2. The Hall–Kier alpha value is -3.85. The van der Waals surface area contributed by atoms with Gasteiger partial charge in [0.2, 0.25) is 0 Å². The van der Waals surface area contributed by atoms with Crippen LogP contribution in [-0.2, 0) is 0 Å². The molecule has 0 spiro atoms. The minimum atomic E-state index is -0.396. The number of hydrogen-bond donors (Lipinski definition) is 3. The van der Waals surface area contributed by atoms with Gasteiger partial charge in [0.25, 0.3) is 11.8 Å². The molecule has 1 aromatic heterocycles. The van der Waals surface area contributed by atoms with Crippen molar-refractivity contribution in [2.24, 2.45) is 0 Å². The van der Waals surface area contributed by atoms with Crippen LogP contribution < -0.4 is 25.4 Å². The second-order valence-corrected chi connectivity index (χ2v) is 7.35. The molecule has 0 aliphatic carbocycles. The van der Waals surface area contributed by atoms with Crippen LogP contribution in [0.1, 0.15) is 34.8 Å². The van der Waals surface area contributed by atoms with Gasteiger partial charge in [-0.3, -0.25) is 14.9 Å². The first-order chi connectivity index (χ1) is 15.4. The number of anilines is 2. The van der Waals surface area contributed by atoms with Crippen molar-refractivity contribution in [2.45, 2.75) is 20.0 Å². The van der Waals surface area contributed by atoms with E-state index < -0.39 is 5.91 Å². The van der Waals surface area contributed by atoms with Gasteiger partial charge in [0.15, 0.2) is 10.9 Å². The van der Waals surface area contributed by atoms with Gasteiger partial charge in [-0.25, -0.2) is 0 Å². The van der Waals surface area contributed by atoms with Gasteiger partial charge in [-0.15, -0.1) is 0 Å². The maximum Gasteiger partial charge on any atom is 0.291 e. The molecule has 2 aromatic carbocycles. The van der Waals surface area contributed by atoms with Crippen LogP contribution in [0.3, 0.4) is 0 Å². The van der Waals surface area contributed by atoms with Gasteiger partial charge in [-0.2, -0.15) is 0 Å². The molecular weight excluding hydrogens is 430 g/mol. The largest absolute Gasteiger partial charge is 0.495 e. The van der Waals surface area contributed by atoms with Crippen LogP contribution in [0, 0.1) is 0 Å². The van der Waals surface area contributed by atoms with Crippen molar-refractivity contribution in [1.82, 2.24) is 5.32 Å². The van der Waals surface area contributed by atoms with E-state index in [9.17, 15) is 9.59 Å². The molecule has 3 rings (SSSR count). The van der Waals surface area contributed by atoms with Gasteiger partial charge in [0, 0.05) is 11.3 Å². The average Bonchev–Trinajstić information content (AvgIpc) is 3.29. The van der Waals surface area contributed by atoms with Crippen molar-refractivity contribution in [3.63, 3.8) is 0 Å². The minimum absolute atomic E-state index is 0.0427. The zero-order chi connectivity index (χ0) is 23.1. The van der Waals surface area contributed by atoms with Crippen molar-refractivity contribution in [1.29, 1.82) is 0 Å². The van der Waals surface area contributed by atoms with Crippen LogP contribution >= 0.6 is 12.2 Å². The Bertz CT molecular complexity index is 1100. The highest BCUT2D eigenvalue weighted by molar-refractivity contribution is 7.80. The molecule has 0 aliphatic rings. The SMILES string of the molecule is COc1ccc(NC(=O)c2ccco2)cc1NC(=S)NC(=O)c1ccc(OC(C)C)cc1. The Morgan fingerprint density at radius 1 is 1.00 bits per heavy atom. The van der Waals surface area contributed by atoms with Crippen LogP contribution in [0.5, 0.6) is 11.5 Å². The average molecular weight is 454 g/mol. The first kappa shape index (κ1) is 22.8. The van der Waals surface area contributed by atoms with E-state index in [0.717, 1.165) is 0 Å². The summed E-state index contributed by atoms with van der Waals surface area (Å²) in [5, 5.41) is 8.34. The summed E-state index contributed by atoms with van der Waals surface area (Å²) in [6, 6.07) is 14.9. The maximum atomic E-state index is 12.5. The van der Waals surface area contributed by atoms with E-state index in [1.807, 2.05) is 13.8 Å². The monoisotopic (exact) mass is 453 g/mol. The third kappa shape index (κ3) is 6.08. The molecule has 0 atom stereocenters. The second-order valence-electron chi connectivity index (χ2n) is 6.95. The van der Waals surface area contributed by atoms with Crippen LogP contribution in [0.15, 0.2) is 65.3 Å². The molecule has 9 heteroatoms. The number of benzene rings is 2. The van der Waals surface area contributed by atoms with Crippen LogP contribution in [0.4, 0.5) is 11.4 Å². The molecule has 0 unspecified atom stereocenters. The number of nitrogens with one attached hydrogen (secondary N) is 3. The highest BCUT2D eigenvalue weighted by Crippen LogP contribution is 2.28. The van der Waals surface area contributed by atoms with Crippen LogP contribution in [0.2, 0.25) is 0 Å². The van der Waals surface area contributed by atoms with Gasteiger partial charge in [-0.1, -0.05) is 0 Å². The van der Waals surface area contributed by atoms with Gasteiger partial charge in [0.1, 0.15) is 11.5 Å². The van der Waals surface area contributed by atoms with Crippen molar-refractivity contribution in [3.8, 4) is 11.5 Å². The molecule has 8 nitrogen and oxygen atoms in total. The van der Waals surface area contributed by atoms with E-state index in [4.69, 9.17) is 26.1 Å².